The number of piperazine rings is 1. The average Bonchev–Trinajstić information content (AvgIpc) is 2.96. The Morgan fingerprint density at radius 3 is 2.73 bits per heavy atom. The highest BCUT2D eigenvalue weighted by Gasteiger charge is 2.36. The Labute approximate surface area is 151 Å². The van der Waals surface area contributed by atoms with Crippen molar-refractivity contribution in [1.82, 2.24) is 19.7 Å². The molecule has 7 heteroatoms. The second-order valence-corrected chi connectivity index (χ2v) is 7.52. The van der Waals surface area contributed by atoms with Gasteiger partial charge in [0.1, 0.15) is 5.82 Å². The van der Waals surface area contributed by atoms with Crippen molar-refractivity contribution < 1.29 is 9.50 Å². The van der Waals surface area contributed by atoms with E-state index in [9.17, 15) is 14.3 Å². The summed E-state index contributed by atoms with van der Waals surface area (Å²) in [6.07, 6.45) is -0.375. The van der Waals surface area contributed by atoms with E-state index in [4.69, 9.17) is 0 Å². The van der Waals surface area contributed by atoms with Crippen molar-refractivity contribution in [2.24, 2.45) is 0 Å². The molecule has 0 bridgehead atoms. The molecule has 3 heterocycles. The van der Waals surface area contributed by atoms with Gasteiger partial charge in [0.2, 0.25) is 0 Å². The van der Waals surface area contributed by atoms with Crippen molar-refractivity contribution in [3.05, 3.63) is 46.0 Å². The third-order valence-corrected chi connectivity index (χ3v) is 5.58. The van der Waals surface area contributed by atoms with Crippen LogP contribution in [0.1, 0.15) is 5.69 Å². The first-order chi connectivity index (χ1) is 12.5. The number of halogens is 1. The van der Waals surface area contributed by atoms with Crippen LogP contribution in [0.2, 0.25) is 0 Å². The molecule has 0 spiro atoms. The molecule has 2 fully saturated rings. The molecule has 1 aromatic heterocycles. The van der Waals surface area contributed by atoms with E-state index in [2.05, 4.69) is 26.7 Å². The van der Waals surface area contributed by atoms with Crippen LogP contribution >= 0.6 is 0 Å². The lowest BCUT2D eigenvalue weighted by atomic mass is 10.1. The Morgan fingerprint density at radius 2 is 1.96 bits per heavy atom. The van der Waals surface area contributed by atoms with E-state index in [1.165, 1.54) is 18.2 Å². The predicted molar refractivity (Wildman–Crippen MR) is 98.7 cm³/mol. The number of β-amino-alcohol motifs (C(OH)–C–C–N with tert-alkyl or cyclic N) is 1. The molecule has 4 rings (SSSR count). The molecule has 0 aliphatic carbocycles. The number of hydrogen-bond donors (Lipinski definition) is 2. The fourth-order valence-corrected chi connectivity index (χ4v) is 4.09. The minimum atomic E-state index is -0.409. The second kappa shape index (κ2) is 7.08. The van der Waals surface area contributed by atoms with Crippen LogP contribution in [0.3, 0.4) is 0 Å². The minimum absolute atomic E-state index is 0.143. The summed E-state index contributed by atoms with van der Waals surface area (Å²) in [5.41, 5.74) is 1.26. The fourth-order valence-electron chi connectivity index (χ4n) is 4.09. The summed E-state index contributed by atoms with van der Waals surface area (Å²) in [5, 5.41) is 10.9. The molecule has 6 nitrogen and oxygen atoms in total. The Balaban J connectivity index is 1.47. The molecule has 0 amide bonds. The highest BCUT2D eigenvalue weighted by atomic mass is 19.1. The van der Waals surface area contributed by atoms with Crippen LogP contribution in [0.4, 0.5) is 4.39 Å². The lowest BCUT2D eigenvalue weighted by molar-refractivity contribution is 0.0512. The molecule has 0 radical (unpaired) electrons. The summed E-state index contributed by atoms with van der Waals surface area (Å²) in [5.74, 6) is -0.409. The van der Waals surface area contributed by atoms with E-state index in [0.29, 0.717) is 24.0 Å². The maximum absolute atomic E-state index is 13.3. The summed E-state index contributed by atoms with van der Waals surface area (Å²) in [6, 6.07) is 5.90. The van der Waals surface area contributed by atoms with Gasteiger partial charge in [-0.25, -0.2) is 4.39 Å². The van der Waals surface area contributed by atoms with Crippen LogP contribution in [0.15, 0.2) is 29.1 Å². The minimum Gasteiger partial charge on any atom is -0.390 e. The molecule has 2 saturated heterocycles. The number of likely N-dealkylation sites (N-methyl/N-ethyl adjacent to an activating group) is 1. The number of aliphatic hydroxyl groups is 1. The Morgan fingerprint density at radius 1 is 1.19 bits per heavy atom. The van der Waals surface area contributed by atoms with Gasteiger partial charge in [0, 0.05) is 74.5 Å². The monoisotopic (exact) mass is 360 g/mol. The van der Waals surface area contributed by atoms with Gasteiger partial charge in [-0.2, -0.15) is 0 Å². The van der Waals surface area contributed by atoms with E-state index in [0.717, 1.165) is 38.4 Å². The third-order valence-electron chi connectivity index (χ3n) is 5.58. The van der Waals surface area contributed by atoms with Crippen LogP contribution in [0, 0.1) is 5.82 Å². The number of benzene rings is 1. The number of likely N-dealkylation sites (tertiary alicyclic amines) is 1. The smallest absolute Gasteiger partial charge is 0.189 e. The first-order valence-corrected chi connectivity index (χ1v) is 9.14. The van der Waals surface area contributed by atoms with Crippen LogP contribution in [0.25, 0.3) is 10.9 Å². The zero-order valence-electron chi connectivity index (χ0n) is 15.0. The highest BCUT2D eigenvalue weighted by molar-refractivity contribution is 5.78. The maximum Gasteiger partial charge on any atom is 0.189 e. The second-order valence-electron chi connectivity index (χ2n) is 7.52. The standard InChI is InChI=1S/C19H25FN4O2/c1-22-4-6-24(7-5-22)17-11-23(12-19(17)26)10-14-9-18(25)15-8-13(20)2-3-16(15)21-14/h2-3,8-9,17,19,26H,4-7,10-12H2,1H3,(H,21,25)/t17-,19-/m1/s1. The summed E-state index contributed by atoms with van der Waals surface area (Å²) < 4.78 is 13.3. The fraction of sp³-hybridized carbons (Fsp3) is 0.526. The Hall–Kier alpha value is -1.80. The molecule has 1 aromatic carbocycles. The highest BCUT2D eigenvalue weighted by Crippen LogP contribution is 2.20. The van der Waals surface area contributed by atoms with Crippen LogP contribution in [-0.4, -0.2) is 83.3 Å². The van der Waals surface area contributed by atoms with E-state index < -0.39 is 5.82 Å². The van der Waals surface area contributed by atoms with E-state index in [1.807, 2.05) is 0 Å². The molecule has 0 saturated carbocycles. The molecular weight excluding hydrogens is 335 g/mol. The van der Waals surface area contributed by atoms with Crippen LogP contribution in [-0.2, 0) is 6.54 Å². The van der Waals surface area contributed by atoms with Gasteiger partial charge in [-0.05, 0) is 25.2 Å². The molecule has 0 unspecified atom stereocenters. The van der Waals surface area contributed by atoms with Gasteiger partial charge in [0.05, 0.1) is 6.10 Å². The number of rotatable bonds is 3. The Bertz CT molecular complexity index is 847. The van der Waals surface area contributed by atoms with Gasteiger partial charge in [-0.15, -0.1) is 0 Å². The SMILES string of the molecule is CN1CCN([C@@H]2CN(Cc3cc(=O)c4cc(F)ccc4[nH]3)C[C@H]2O)CC1. The summed E-state index contributed by atoms with van der Waals surface area (Å²) in [6.45, 7) is 5.96. The number of aromatic amines is 1. The topological polar surface area (TPSA) is 62.8 Å². The van der Waals surface area contributed by atoms with E-state index in [1.54, 1.807) is 6.07 Å². The zero-order chi connectivity index (χ0) is 18.3. The van der Waals surface area contributed by atoms with E-state index >= 15 is 0 Å². The molecule has 2 aliphatic heterocycles. The predicted octanol–water partition coefficient (Wildman–Crippen LogP) is 0.460. The number of H-pyrrole nitrogens is 1. The molecule has 2 N–H and O–H groups in total. The van der Waals surface area contributed by atoms with Gasteiger partial charge < -0.3 is 15.0 Å². The zero-order valence-corrected chi connectivity index (χ0v) is 15.0. The summed E-state index contributed by atoms with van der Waals surface area (Å²) >= 11 is 0. The lowest BCUT2D eigenvalue weighted by Crippen LogP contribution is -2.52. The lowest BCUT2D eigenvalue weighted by Gasteiger charge is -2.37. The molecule has 140 valence electrons. The number of nitrogens with one attached hydrogen (secondary N) is 1. The van der Waals surface area contributed by atoms with Crippen LogP contribution < -0.4 is 5.43 Å². The Kier molecular flexibility index (Phi) is 4.79. The molecular formula is C19H25FN4O2. The number of aromatic nitrogens is 1. The number of hydrogen-bond acceptors (Lipinski definition) is 5. The first-order valence-electron chi connectivity index (χ1n) is 9.14. The third kappa shape index (κ3) is 3.53. The number of nitrogens with zero attached hydrogens (tertiary/aromatic N) is 3. The largest absolute Gasteiger partial charge is 0.390 e. The molecule has 26 heavy (non-hydrogen) atoms. The van der Waals surface area contributed by atoms with Crippen molar-refractivity contribution >= 4 is 10.9 Å². The molecule has 2 aromatic rings. The van der Waals surface area contributed by atoms with Crippen molar-refractivity contribution in [3.8, 4) is 0 Å². The number of fused-ring (bicyclic) bond motifs is 1. The van der Waals surface area contributed by atoms with Crippen molar-refractivity contribution in [2.75, 3.05) is 46.3 Å². The van der Waals surface area contributed by atoms with Gasteiger partial charge >= 0.3 is 0 Å². The van der Waals surface area contributed by atoms with Crippen LogP contribution in [0.5, 0.6) is 0 Å². The number of pyridine rings is 1. The molecule has 2 aliphatic rings. The summed E-state index contributed by atoms with van der Waals surface area (Å²) in [7, 11) is 2.12. The van der Waals surface area contributed by atoms with Gasteiger partial charge in [0.15, 0.2) is 5.43 Å². The first kappa shape index (κ1) is 17.6. The molecule has 2 atom stereocenters. The average molecular weight is 360 g/mol. The maximum atomic E-state index is 13.3. The van der Waals surface area contributed by atoms with Gasteiger partial charge in [-0.3, -0.25) is 14.6 Å². The van der Waals surface area contributed by atoms with Gasteiger partial charge in [0.25, 0.3) is 0 Å². The van der Waals surface area contributed by atoms with Gasteiger partial charge in [-0.1, -0.05) is 0 Å². The van der Waals surface area contributed by atoms with Crippen molar-refractivity contribution in [3.63, 3.8) is 0 Å². The number of aliphatic hydroxyl groups excluding tert-OH is 1. The van der Waals surface area contributed by atoms with E-state index in [-0.39, 0.29) is 17.6 Å². The van der Waals surface area contributed by atoms with Crippen molar-refractivity contribution in [1.29, 1.82) is 0 Å². The normalized spacial score (nSPS) is 26.0. The van der Waals surface area contributed by atoms with Crippen molar-refractivity contribution in [2.45, 2.75) is 18.7 Å². The quantitative estimate of drug-likeness (QED) is 0.833. The summed E-state index contributed by atoms with van der Waals surface area (Å²) in [4.78, 5) is 22.3.